The molecule has 2 aromatic heterocycles. The van der Waals surface area contributed by atoms with Gasteiger partial charge in [0.15, 0.2) is 5.78 Å². The summed E-state index contributed by atoms with van der Waals surface area (Å²) in [5.41, 5.74) is 0.559. The minimum absolute atomic E-state index is 0.0326. The van der Waals surface area contributed by atoms with Crippen LogP contribution in [0, 0.1) is 5.82 Å². The van der Waals surface area contributed by atoms with E-state index < -0.39 is 17.4 Å². The second kappa shape index (κ2) is 8.19. The topological polar surface area (TPSA) is 108 Å². The molecule has 10 heteroatoms. The van der Waals surface area contributed by atoms with E-state index in [1.165, 1.54) is 48.0 Å². The van der Waals surface area contributed by atoms with Gasteiger partial charge >= 0.3 is 5.69 Å². The van der Waals surface area contributed by atoms with Crippen molar-refractivity contribution in [3.63, 3.8) is 0 Å². The summed E-state index contributed by atoms with van der Waals surface area (Å²) in [4.78, 5) is 40.4. The minimum Gasteiger partial charge on any atom is -0.436 e. The first-order valence-corrected chi connectivity index (χ1v) is 9.19. The number of ether oxygens (including phenoxy) is 1. The number of halogens is 1. The van der Waals surface area contributed by atoms with Crippen LogP contribution in [0.3, 0.4) is 0 Å². The Hall–Kier alpha value is -4.34. The number of nitrogens with one attached hydrogen (secondary N) is 1. The zero-order valence-corrected chi connectivity index (χ0v) is 16.3. The molecule has 0 saturated carbocycles. The number of rotatable bonds is 6. The Morgan fingerprint density at radius 3 is 2.48 bits per heavy atom. The van der Waals surface area contributed by atoms with Gasteiger partial charge in [0.25, 0.3) is 5.88 Å². The number of amides is 1. The molecule has 0 bridgehead atoms. The van der Waals surface area contributed by atoms with Crippen molar-refractivity contribution in [2.24, 2.45) is 0 Å². The molecule has 2 aromatic carbocycles. The fourth-order valence-electron chi connectivity index (χ4n) is 2.84. The lowest BCUT2D eigenvalue weighted by molar-refractivity contribution is -0.117. The molecule has 2 heterocycles. The van der Waals surface area contributed by atoms with Gasteiger partial charge in [-0.05, 0) is 55.5 Å². The van der Waals surface area contributed by atoms with Gasteiger partial charge in [-0.1, -0.05) is 0 Å². The Balaban J connectivity index is 1.54. The van der Waals surface area contributed by atoms with Crippen LogP contribution in [0.15, 0.2) is 65.7 Å². The maximum atomic E-state index is 13.1. The number of aromatic nitrogens is 4. The van der Waals surface area contributed by atoms with Gasteiger partial charge in [0.1, 0.15) is 18.1 Å². The maximum Gasteiger partial charge on any atom is 0.351 e. The summed E-state index contributed by atoms with van der Waals surface area (Å²) < 4.78 is 20.9. The first kappa shape index (κ1) is 20.0. The fourth-order valence-corrected chi connectivity index (χ4v) is 2.84. The summed E-state index contributed by atoms with van der Waals surface area (Å²) >= 11 is 0. The highest BCUT2D eigenvalue weighted by atomic mass is 19.1. The van der Waals surface area contributed by atoms with Crippen LogP contribution in [0.5, 0.6) is 11.6 Å². The Morgan fingerprint density at radius 1 is 1.10 bits per heavy atom. The van der Waals surface area contributed by atoms with E-state index in [1.807, 2.05) is 0 Å². The summed E-state index contributed by atoms with van der Waals surface area (Å²) in [5.74, 6) is -0.627. The van der Waals surface area contributed by atoms with Crippen LogP contribution >= 0.6 is 0 Å². The van der Waals surface area contributed by atoms with Crippen molar-refractivity contribution in [2.45, 2.75) is 13.5 Å². The second-order valence-electron chi connectivity index (χ2n) is 6.60. The Labute approximate surface area is 174 Å². The normalized spacial score (nSPS) is 10.8. The summed E-state index contributed by atoms with van der Waals surface area (Å²) in [6.07, 6.45) is 2.76. The highest BCUT2D eigenvalue weighted by molar-refractivity contribution is 5.95. The number of carbonyl (C=O) groups is 2. The number of fused-ring (bicyclic) bond motifs is 1. The van der Waals surface area contributed by atoms with Crippen molar-refractivity contribution in [3.05, 3.63) is 82.8 Å². The van der Waals surface area contributed by atoms with E-state index in [0.29, 0.717) is 17.0 Å². The van der Waals surface area contributed by atoms with Crippen molar-refractivity contribution in [1.82, 2.24) is 19.2 Å². The van der Waals surface area contributed by atoms with Gasteiger partial charge in [0.05, 0.1) is 0 Å². The largest absolute Gasteiger partial charge is 0.436 e. The Bertz CT molecular complexity index is 1330. The number of hydrogen-bond donors (Lipinski definition) is 1. The maximum absolute atomic E-state index is 13.1. The van der Waals surface area contributed by atoms with Crippen molar-refractivity contribution >= 4 is 23.0 Å². The summed E-state index contributed by atoms with van der Waals surface area (Å²) in [6.45, 7) is 1.11. The van der Waals surface area contributed by atoms with Crippen molar-refractivity contribution in [1.29, 1.82) is 0 Å². The van der Waals surface area contributed by atoms with E-state index in [4.69, 9.17) is 4.74 Å². The first-order chi connectivity index (χ1) is 14.9. The van der Waals surface area contributed by atoms with Crippen molar-refractivity contribution in [3.8, 4) is 11.6 Å². The van der Waals surface area contributed by atoms with Crippen LogP contribution in [-0.2, 0) is 11.3 Å². The van der Waals surface area contributed by atoms with Crippen molar-refractivity contribution < 1.29 is 18.7 Å². The summed E-state index contributed by atoms with van der Waals surface area (Å²) in [6, 6.07) is 11.7. The highest BCUT2D eigenvalue weighted by Crippen LogP contribution is 2.22. The smallest absolute Gasteiger partial charge is 0.351 e. The number of nitrogens with zero attached hydrogens (tertiary/aromatic N) is 4. The predicted molar refractivity (Wildman–Crippen MR) is 109 cm³/mol. The first-order valence-electron chi connectivity index (χ1n) is 9.19. The molecule has 4 rings (SSSR count). The van der Waals surface area contributed by atoms with Crippen LogP contribution in [0.2, 0.25) is 0 Å². The van der Waals surface area contributed by atoms with E-state index in [-0.39, 0.29) is 23.9 Å². The summed E-state index contributed by atoms with van der Waals surface area (Å²) in [7, 11) is 0. The number of carbonyl (C=O) groups excluding carboxylic acids is 2. The third-order valence-electron chi connectivity index (χ3n) is 4.37. The Kier molecular flexibility index (Phi) is 5.27. The molecule has 1 N–H and O–H groups in total. The molecular weight excluding hydrogens is 405 g/mol. The molecule has 0 atom stereocenters. The van der Waals surface area contributed by atoms with E-state index >= 15 is 0 Å². The van der Waals surface area contributed by atoms with Crippen molar-refractivity contribution in [2.75, 3.05) is 5.32 Å². The van der Waals surface area contributed by atoms with Gasteiger partial charge in [-0.2, -0.15) is 0 Å². The third-order valence-corrected chi connectivity index (χ3v) is 4.37. The highest BCUT2D eigenvalue weighted by Gasteiger charge is 2.16. The molecular formula is C21H16FN5O4. The summed E-state index contributed by atoms with van der Waals surface area (Å²) in [5, 5.41) is 6.79. The lowest BCUT2D eigenvalue weighted by Gasteiger charge is -2.05. The van der Waals surface area contributed by atoms with E-state index in [2.05, 4.69) is 15.4 Å². The molecule has 1 amide bonds. The molecule has 156 valence electrons. The molecule has 0 spiro atoms. The monoisotopic (exact) mass is 421 g/mol. The van der Waals surface area contributed by atoms with E-state index in [1.54, 1.807) is 24.3 Å². The quantitative estimate of drug-likeness (QED) is 0.480. The molecule has 0 aliphatic rings. The van der Waals surface area contributed by atoms with Gasteiger partial charge < -0.3 is 10.1 Å². The minimum atomic E-state index is -0.552. The molecule has 0 saturated heterocycles. The second-order valence-corrected chi connectivity index (χ2v) is 6.60. The van der Waals surface area contributed by atoms with Crippen LogP contribution in [0.25, 0.3) is 5.65 Å². The van der Waals surface area contributed by atoms with Gasteiger partial charge in [0, 0.05) is 23.6 Å². The molecule has 0 fully saturated rings. The average molecular weight is 421 g/mol. The van der Waals surface area contributed by atoms with Gasteiger partial charge in [-0.25, -0.2) is 23.3 Å². The number of Topliss-reactive ketones (excluding diaryl/α,β-unsaturated/α-hetero) is 1. The van der Waals surface area contributed by atoms with Crippen LogP contribution in [0.4, 0.5) is 10.1 Å². The lowest BCUT2D eigenvalue weighted by atomic mass is 10.1. The molecule has 0 aliphatic carbocycles. The molecule has 0 aliphatic heterocycles. The lowest BCUT2D eigenvalue weighted by Crippen LogP contribution is -2.28. The van der Waals surface area contributed by atoms with Crippen LogP contribution < -0.4 is 15.7 Å². The zero-order valence-electron chi connectivity index (χ0n) is 16.3. The predicted octanol–water partition coefficient (Wildman–Crippen LogP) is 2.66. The number of anilines is 1. The Morgan fingerprint density at radius 2 is 1.81 bits per heavy atom. The number of hydrogen-bond acceptors (Lipinski definition) is 6. The third kappa shape index (κ3) is 4.32. The number of benzene rings is 2. The van der Waals surface area contributed by atoms with E-state index in [9.17, 15) is 18.8 Å². The molecule has 0 unspecified atom stereocenters. The van der Waals surface area contributed by atoms with Crippen LogP contribution in [-0.4, -0.2) is 30.9 Å². The van der Waals surface area contributed by atoms with Gasteiger partial charge in [-0.15, -0.1) is 5.10 Å². The van der Waals surface area contributed by atoms with E-state index in [0.717, 1.165) is 4.68 Å². The fraction of sp³-hybridized carbons (Fsp3) is 0.0952. The molecule has 4 aromatic rings. The number of ketones is 1. The molecule has 0 radical (unpaired) electrons. The standard InChI is InChI=1S/C21H16FN5O4/c1-13(28)14-2-6-16(7-3-14)24-18(29)12-27-21(30)26-11-10-23-20(19(26)25-27)31-17-8-4-15(22)5-9-17/h2-11H,12H2,1H3,(H,24,29). The molecule has 9 nitrogen and oxygen atoms in total. The van der Waals surface area contributed by atoms with Crippen LogP contribution in [0.1, 0.15) is 17.3 Å². The SMILES string of the molecule is CC(=O)c1ccc(NC(=O)Cn2nc3c(Oc4ccc(F)cc4)nccn3c2=O)cc1. The van der Waals surface area contributed by atoms with Gasteiger partial charge in [0.2, 0.25) is 11.6 Å². The zero-order chi connectivity index (χ0) is 22.0. The average Bonchev–Trinajstić information content (AvgIpc) is 3.06. The van der Waals surface area contributed by atoms with Gasteiger partial charge in [-0.3, -0.25) is 9.59 Å². The molecule has 31 heavy (non-hydrogen) atoms.